The van der Waals surface area contributed by atoms with Crippen molar-refractivity contribution < 1.29 is 30.7 Å². The van der Waals surface area contributed by atoms with Gasteiger partial charge in [0.05, 0.1) is 17.1 Å². The van der Waals surface area contributed by atoms with Crippen LogP contribution in [0.1, 0.15) is 0 Å². The van der Waals surface area contributed by atoms with E-state index in [-0.39, 0.29) is 4.90 Å². The van der Waals surface area contributed by atoms with Crippen molar-refractivity contribution in [3.63, 3.8) is 0 Å². The first-order valence-electron chi connectivity index (χ1n) is 7.32. The Bertz CT molecular complexity index is 1050. The molecule has 2 heterocycles. The van der Waals surface area contributed by atoms with Crippen molar-refractivity contribution in [2.75, 3.05) is 4.72 Å². The largest absolute Gasteiger partial charge is 0.573 e. The summed E-state index contributed by atoms with van der Waals surface area (Å²) < 4.78 is 80.7. The first-order valence-corrected chi connectivity index (χ1v) is 8.80. The van der Waals surface area contributed by atoms with E-state index >= 15 is 0 Å². The third-order valence-electron chi connectivity index (χ3n) is 3.33. The number of aromatic amines is 1. The number of hydrogen-bond acceptors (Lipinski definition) is 4. The first-order chi connectivity index (χ1) is 12.6. The molecule has 0 fully saturated rings. The maximum absolute atomic E-state index is 13.9. The van der Waals surface area contributed by atoms with E-state index in [2.05, 4.69) is 14.7 Å². The fourth-order valence-electron chi connectivity index (χ4n) is 2.18. The Morgan fingerprint density at radius 3 is 2.52 bits per heavy atom. The number of anilines is 1. The molecule has 0 atom stereocenters. The molecular formula is C16H11F4N3O3S. The highest BCUT2D eigenvalue weighted by molar-refractivity contribution is 7.92. The molecule has 1 aromatic carbocycles. The van der Waals surface area contributed by atoms with Crippen LogP contribution >= 0.6 is 0 Å². The van der Waals surface area contributed by atoms with Crippen LogP contribution in [-0.4, -0.2) is 24.7 Å². The Labute approximate surface area is 150 Å². The molecule has 0 saturated heterocycles. The lowest BCUT2D eigenvalue weighted by atomic mass is 10.3. The molecule has 3 rings (SSSR count). The molecule has 0 aliphatic heterocycles. The Morgan fingerprint density at radius 2 is 1.89 bits per heavy atom. The van der Waals surface area contributed by atoms with Gasteiger partial charge < -0.3 is 9.72 Å². The van der Waals surface area contributed by atoms with Gasteiger partial charge in [0.2, 0.25) is 0 Å². The van der Waals surface area contributed by atoms with Crippen LogP contribution < -0.4 is 9.46 Å². The van der Waals surface area contributed by atoms with E-state index in [9.17, 15) is 26.0 Å². The number of benzene rings is 1. The fraction of sp³-hybridized carbons (Fsp3) is 0.0625. The van der Waals surface area contributed by atoms with Gasteiger partial charge in [0.1, 0.15) is 10.6 Å². The van der Waals surface area contributed by atoms with Crippen molar-refractivity contribution in [2.24, 2.45) is 0 Å². The molecule has 0 aliphatic rings. The van der Waals surface area contributed by atoms with Crippen LogP contribution in [-0.2, 0) is 10.0 Å². The summed E-state index contributed by atoms with van der Waals surface area (Å²) in [6.45, 7) is 0. The zero-order valence-corrected chi connectivity index (χ0v) is 14.1. The SMILES string of the molecule is O=S(=O)(Nc1ccc(OC(F)(F)F)cc1F)c1c[nH]c(-c2ccccn2)c1. The first kappa shape index (κ1) is 18.7. The lowest BCUT2D eigenvalue weighted by Crippen LogP contribution is -2.17. The standard InChI is InChI=1S/C16H11F4N3O3S/c17-12-7-10(26-16(18,19)20)4-5-13(12)23-27(24,25)11-8-15(22-9-11)14-3-1-2-6-21-14/h1-9,22-23H. The van der Waals surface area contributed by atoms with Crippen LogP contribution in [0.4, 0.5) is 23.2 Å². The second-order valence-electron chi connectivity index (χ2n) is 5.26. The molecule has 0 bridgehead atoms. The topological polar surface area (TPSA) is 84.1 Å². The van der Waals surface area contributed by atoms with E-state index in [0.29, 0.717) is 17.5 Å². The van der Waals surface area contributed by atoms with Crippen LogP contribution in [0.5, 0.6) is 5.75 Å². The zero-order valence-electron chi connectivity index (χ0n) is 13.3. The summed E-state index contributed by atoms with van der Waals surface area (Å²) in [6.07, 6.45) is -2.27. The molecule has 0 unspecified atom stereocenters. The number of pyridine rings is 1. The normalized spacial score (nSPS) is 12.0. The maximum Gasteiger partial charge on any atom is 0.573 e. The highest BCUT2D eigenvalue weighted by atomic mass is 32.2. The van der Waals surface area contributed by atoms with Gasteiger partial charge in [0.25, 0.3) is 10.0 Å². The van der Waals surface area contributed by atoms with Gasteiger partial charge in [-0.3, -0.25) is 9.71 Å². The van der Waals surface area contributed by atoms with E-state index in [1.807, 2.05) is 4.72 Å². The average molecular weight is 401 g/mol. The van der Waals surface area contributed by atoms with E-state index in [1.165, 1.54) is 18.5 Å². The molecule has 0 saturated carbocycles. The Balaban J connectivity index is 1.82. The predicted octanol–water partition coefficient (Wildman–Crippen LogP) is 3.92. The molecular weight excluding hydrogens is 390 g/mol. The second kappa shape index (κ2) is 6.91. The second-order valence-corrected chi connectivity index (χ2v) is 6.94. The molecule has 2 N–H and O–H groups in total. The molecule has 0 aliphatic carbocycles. The number of halogens is 4. The molecule has 0 spiro atoms. The van der Waals surface area contributed by atoms with E-state index in [1.54, 1.807) is 18.2 Å². The van der Waals surface area contributed by atoms with Gasteiger partial charge in [-0.05, 0) is 30.3 Å². The highest BCUT2D eigenvalue weighted by Gasteiger charge is 2.31. The number of aromatic nitrogens is 2. The monoisotopic (exact) mass is 401 g/mol. The number of H-pyrrole nitrogens is 1. The minimum Gasteiger partial charge on any atom is -0.406 e. The summed E-state index contributed by atoms with van der Waals surface area (Å²) in [5.41, 5.74) is 0.397. The predicted molar refractivity (Wildman–Crippen MR) is 87.9 cm³/mol. The Morgan fingerprint density at radius 1 is 1.11 bits per heavy atom. The lowest BCUT2D eigenvalue weighted by Gasteiger charge is -2.11. The molecule has 2 aromatic heterocycles. The number of ether oxygens (including phenoxy) is 1. The van der Waals surface area contributed by atoms with Crippen LogP contribution in [0.15, 0.2) is 59.8 Å². The summed E-state index contributed by atoms with van der Waals surface area (Å²) in [4.78, 5) is 6.62. The van der Waals surface area contributed by atoms with Crippen molar-refractivity contribution in [2.45, 2.75) is 11.3 Å². The number of hydrogen-bond donors (Lipinski definition) is 2. The van der Waals surface area contributed by atoms with Crippen molar-refractivity contribution in [3.8, 4) is 17.1 Å². The van der Waals surface area contributed by atoms with E-state index in [4.69, 9.17) is 0 Å². The quantitative estimate of drug-likeness (QED) is 0.635. The zero-order chi connectivity index (χ0) is 19.7. The molecule has 0 radical (unpaired) electrons. The highest BCUT2D eigenvalue weighted by Crippen LogP contribution is 2.28. The summed E-state index contributed by atoms with van der Waals surface area (Å²) in [5.74, 6) is -2.03. The molecule has 11 heteroatoms. The number of nitrogens with zero attached hydrogens (tertiary/aromatic N) is 1. The Hall–Kier alpha value is -3.08. The fourth-order valence-corrected chi connectivity index (χ4v) is 3.24. The molecule has 3 aromatic rings. The van der Waals surface area contributed by atoms with Crippen molar-refractivity contribution in [3.05, 3.63) is 60.7 Å². The Kier molecular flexibility index (Phi) is 4.79. The summed E-state index contributed by atoms with van der Waals surface area (Å²) in [5, 5.41) is 0. The van der Waals surface area contributed by atoms with Crippen molar-refractivity contribution >= 4 is 15.7 Å². The van der Waals surface area contributed by atoms with Crippen molar-refractivity contribution in [1.82, 2.24) is 9.97 Å². The summed E-state index contributed by atoms with van der Waals surface area (Å²) in [7, 11) is -4.18. The van der Waals surface area contributed by atoms with Crippen LogP contribution in [0.2, 0.25) is 0 Å². The van der Waals surface area contributed by atoms with Gasteiger partial charge in [-0.15, -0.1) is 13.2 Å². The minimum atomic E-state index is -4.99. The number of sulfonamides is 1. The van der Waals surface area contributed by atoms with Gasteiger partial charge in [0.15, 0.2) is 5.82 Å². The number of rotatable bonds is 5. The third-order valence-corrected chi connectivity index (χ3v) is 4.67. The summed E-state index contributed by atoms with van der Waals surface area (Å²) in [6, 6.07) is 8.43. The van der Waals surface area contributed by atoms with Crippen LogP contribution in [0.25, 0.3) is 11.4 Å². The van der Waals surface area contributed by atoms with Gasteiger partial charge >= 0.3 is 6.36 Å². The van der Waals surface area contributed by atoms with Gasteiger partial charge in [-0.2, -0.15) is 0 Å². The third kappa shape index (κ3) is 4.56. The number of alkyl halides is 3. The average Bonchev–Trinajstić information content (AvgIpc) is 3.08. The molecule has 0 amide bonds. The summed E-state index contributed by atoms with van der Waals surface area (Å²) >= 11 is 0. The maximum atomic E-state index is 13.9. The number of nitrogens with one attached hydrogen (secondary N) is 2. The molecule has 27 heavy (non-hydrogen) atoms. The molecule has 142 valence electrons. The van der Waals surface area contributed by atoms with Crippen LogP contribution in [0.3, 0.4) is 0 Å². The van der Waals surface area contributed by atoms with Gasteiger partial charge in [0, 0.05) is 18.5 Å². The minimum absolute atomic E-state index is 0.196. The van der Waals surface area contributed by atoms with E-state index in [0.717, 1.165) is 12.1 Å². The van der Waals surface area contributed by atoms with E-state index < -0.39 is 33.6 Å². The van der Waals surface area contributed by atoms with Crippen molar-refractivity contribution in [1.29, 1.82) is 0 Å². The van der Waals surface area contributed by atoms with Gasteiger partial charge in [-0.25, -0.2) is 12.8 Å². The van der Waals surface area contributed by atoms with Gasteiger partial charge in [-0.1, -0.05) is 6.07 Å². The molecule has 6 nitrogen and oxygen atoms in total. The van der Waals surface area contributed by atoms with Crippen LogP contribution in [0, 0.1) is 5.82 Å². The smallest absolute Gasteiger partial charge is 0.406 e. The lowest BCUT2D eigenvalue weighted by molar-refractivity contribution is -0.274.